The number of benzene rings is 1. The van der Waals surface area contributed by atoms with Gasteiger partial charge in [0.2, 0.25) is 5.95 Å². The van der Waals surface area contributed by atoms with Gasteiger partial charge in [0, 0.05) is 52.6 Å². The van der Waals surface area contributed by atoms with Crippen LogP contribution in [0.5, 0.6) is 0 Å². The highest BCUT2D eigenvalue weighted by Crippen LogP contribution is 2.40. The number of fused-ring (bicyclic) bond motifs is 2. The predicted octanol–water partition coefficient (Wildman–Crippen LogP) is 5.98. The fraction of sp³-hybridized carbons (Fsp3) is 0.448. The van der Waals surface area contributed by atoms with Crippen LogP contribution in [-0.4, -0.2) is 42.8 Å². The quantitative estimate of drug-likeness (QED) is 0.348. The number of rotatable bonds is 4. The minimum absolute atomic E-state index is 0.0439. The molecule has 5 rings (SSSR count). The van der Waals surface area contributed by atoms with E-state index in [9.17, 15) is 4.79 Å². The molecule has 0 unspecified atom stereocenters. The van der Waals surface area contributed by atoms with E-state index in [1.165, 1.54) is 11.1 Å². The Morgan fingerprint density at radius 2 is 1.87 bits per heavy atom. The molecule has 0 saturated carbocycles. The van der Waals surface area contributed by atoms with E-state index < -0.39 is 0 Å². The summed E-state index contributed by atoms with van der Waals surface area (Å²) in [6.07, 6.45) is 1.59. The largest absolute Gasteiger partial charge is 0.324 e. The van der Waals surface area contributed by atoms with Gasteiger partial charge in [-0.2, -0.15) is 4.98 Å². The van der Waals surface area contributed by atoms with Crippen LogP contribution in [-0.2, 0) is 17.4 Å². The van der Waals surface area contributed by atoms with Crippen LogP contribution in [0.15, 0.2) is 41.3 Å². The fourth-order valence-corrected chi connectivity index (χ4v) is 6.05. The lowest BCUT2D eigenvalue weighted by molar-refractivity contribution is 0.236. The SMILES string of the molecule is CC(C)n1c(=O)c2cnc(Nc3cc(Cl)c4c(c3)CN(C)CC4(C)C)nc2n1-c1cccc(C(C)(C)C)n1. The topological polar surface area (TPSA) is 80.9 Å². The normalized spacial score (nSPS) is 15.7. The molecule has 0 aliphatic carbocycles. The molecule has 0 fully saturated rings. The average molecular weight is 534 g/mol. The molecule has 200 valence electrons. The highest BCUT2D eigenvalue weighted by Gasteiger charge is 2.32. The molecule has 4 aromatic rings. The molecule has 9 heteroatoms. The molecule has 3 aromatic heterocycles. The zero-order valence-electron chi connectivity index (χ0n) is 23.4. The number of nitrogens with zero attached hydrogens (tertiary/aromatic N) is 6. The van der Waals surface area contributed by atoms with Crippen LogP contribution in [0.3, 0.4) is 0 Å². The van der Waals surface area contributed by atoms with Gasteiger partial charge in [0.25, 0.3) is 5.56 Å². The number of aromatic nitrogens is 5. The van der Waals surface area contributed by atoms with Crippen molar-refractivity contribution in [3.05, 3.63) is 68.7 Å². The van der Waals surface area contributed by atoms with Gasteiger partial charge in [-0.1, -0.05) is 52.3 Å². The van der Waals surface area contributed by atoms with E-state index in [1.807, 2.05) is 42.8 Å². The first-order valence-corrected chi connectivity index (χ1v) is 13.4. The summed E-state index contributed by atoms with van der Waals surface area (Å²) in [6.45, 7) is 16.5. The first-order valence-electron chi connectivity index (χ1n) is 13.0. The summed E-state index contributed by atoms with van der Waals surface area (Å²) in [6, 6.07) is 9.83. The van der Waals surface area contributed by atoms with Gasteiger partial charge in [0.1, 0.15) is 5.39 Å². The Morgan fingerprint density at radius 3 is 2.55 bits per heavy atom. The van der Waals surface area contributed by atoms with Crippen molar-refractivity contribution < 1.29 is 0 Å². The minimum Gasteiger partial charge on any atom is -0.324 e. The maximum atomic E-state index is 13.4. The van der Waals surface area contributed by atoms with E-state index in [0.717, 1.165) is 29.5 Å². The number of halogens is 1. The molecule has 4 heterocycles. The van der Waals surface area contributed by atoms with Gasteiger partial charge in [-0.15, -0.1) is 0 Å². The van der Waals surface area contributed by atoms with E-state index >= 15 is 0 Å². The van der Waals surface area contributed by atoms with E-state index in [-0.39, 0.29) is 22.4 Å². The number of pyridine rings is 1. The Kier molecular flexibility index (Phi) is 6.39. The highest BCUT2D eigenvalue weighted by atomic mass is 35.5. The molecule has 1 aliphatic heterocycles. The maximum absolute atomic E-state index is 13.4. The second-order valence-electron chi connectivity index (χ2n) is 12.3. The van der Waals surface area contributed by atoms with Crippen LogP contribution >= 0.6 is 11.6 Å². The second kappa shape index (κ2) is 9.20. The summed E-state index contributed by atoms with van der Waals surface area (Å²) in [5.41, 5.74) is 4.29. The molecule has 0 spiro atoms. The summed E-state index contributed by atoms with van der Waals surface area (Å²) >= 11 is 6.80. The van der Waals surface area contributed by atoms with Crippen molar-refractivity contribution in [2.24, 2.45) is 0 Å². The van der Waals surface area contributed by atoms with Crippen LogP contribution in [0.25, 0.3) is 16.9 Å². The van der Waals surface area contributed by atoms with E-state index in [4.69, 9.17) is 21.6 Å². The summed E-state index contributed by atoms with van der Waals surface area (Å²) in [5, 5.41) is 4.51. The Morgan fingerprint density at radius 1 is 1.13 bits per heavy atom. The van der Waals surface area contributed by atoms with Crippen LogP contribution < -0.4 is 10.9 Å². The van der Waals surface area contributed by atoms with E-state index in [1.54, 1.807) is 10.9 Å². The third-order valence-electron chi connectivity index (χ3n) is 7.04. The van der Waals surface area contributed by atoms with Gasteiger partial charge < -0.3 is 10.2 Å². The van der Waals surface area contributed by atoms with Crippen molar-refractivity contribution in [3.63, 3.8) is 0 Å². The lowest BCUT2D eigenvalue weighted by Crippen LogP contribution is -2.40. The lowest BCUT2D eigenvalue weighted by Gasteiger charge is -2.39. The molecule has 1 aromatic carbocycles. The molecule has 0 bridgehead atoms. The van der Waals surface area contributed by atoms with Crippen molar-refractivity contribution in [2.45, 2.75) is 71.9 Å². The fourth-order valence-electron chi connectivity index (χ4n) is 5.55. The third-order valence-corrected chi connectivity index (χ3v) is 7.34. The average Bonchev–Trinajstić information content (AvgIpc) is 3.09. The number of likely N-dealkylation sites (N-methyl/N-ethyl adjacent to an activating group) is 1. The van der Waals surface area contributed by atoms with Crippen molar-refractivity contribution in [3.8, 4) is 5.82 Å². The monoisotopic (exact) mass is 533 g/mol. The molecule has 0 amide bonds. The summed E-state index contributed by atoms with van der Waals surface area (Å²) in [7, 11) is 2.12. The van der Waals surface area contributed by atoms with Gasteiger partial charge in [0.15, 0.2) is 11.5 Å². The number of hydrogen-bond donors (Lipinski definition) is 1. The maximum Gasteiger partial charge on any atom is 0.278 e. The zero-order valence-corrected chi connectivity index (χ0v) is 24.2. The van der Waals surface area contributed by atoms with Crippen molar-refractivity contribution in [2.75, 3.05) is 18.9 Å². The highest BCUT2D eigenvalue weighted by molar-refractivity contribution is 6.32. The molecule has 8 nitrogen and oxygen atoms in total. The van der Waals surface area contributed by atoms with E-state index in [2.05, 4.69) is 62.9 Å². The smallest absolute Gasteiger partial charge is 0.278 e. The minimum atomic E-state index is -0.147. The number of hydrogen-bond acceptors (Lipinski definition) is 6. The molecule has 0 atom stereocenters. The van der Waals surface area contributed by atoms with Crippen molar-refractivity contribution >= 4 is 34.3 Å². The molecule has 0 saturated heterocycles. The lowest BCUT2D eigenvalue weighted by atomic mass is 9.78. The van der Waals surface area contributed by atoms with Crippen molar-refractivity contribution in [1.29, 1.82) is 0 Å². The Bertz CT molecular complexity index is 1590. The van der Waals surface area contributed by atoms with Gasteiger partial charge in [-0.25, -0.2) is 19.3 Å². The number of nitrogens with one attached hydrogen (secondary N) is 1. The summed E-state index contributed by atoms with van der Waals surface area (Å²) in [4.78, 5) is 29.9. The first kappa shape index (κ1) is 26.4. The van der Waals surface area contributed by atoms with Gasteiger partial charge in [0.05, 0.1) is 0 Å². The molecule has 38 heavy (non-hydrogen) atoms. The molecule has 1 aliphatic rings. The molecule has 1 N–H and O–H groups in total. The van der Waals surface area contributed by atoms with Crippen LogP contribution in [0.2, 0.25) is 5.02 Å². The Balaban J connectivity index is 1.63. The number of anilines is 2. The van der Waals surface area contributed by atoms with Gasteiger partial charge in [-0.05, 0) is 56.3 Å². The molecular weight excluding hydrogens is 498 g/mol. The van der Waals surface area contributed by atoms with Gasteiger partial charge >= 0.3 is 0 Å². The second-order valence-corrected chi connectivity index (χ2v) is 12.7. The first-order chi connectivity index (χ1) is 17.8. The summed E-state index contributed by atoms with van der Waals surface area (Å²) < 4.78 is 3.49. The molecule has 0 radical (unpaired) electrons. The Hall–Kier alpha value is -3.23. The zero-order chi connectivity index (χ0) is 27.6. The van der Waals surface area contributed by atoms with Crippen LogP contribution in [0.4, 0.5) is 11.6 Å². The van der Waals surface area contributed by atoms with Crippen LogP contribution in [0.1, 0.15) is 71.3 Å². The van der Waals surface area contributed by atoms with Crippen LogP contribution in [0, 0.1) is 0 Å². The third kappa shape index (κ3) is 4.60. The van der Waals surface area contributed by atoms with Gasteiger partial charge in [-0.3, -0.25) is 4.79 Å². The van der Waals surface area contributed by atoms with Crippen molar-refractivity contribution in [1.82, 2.24) is 29.2 Å². The Labute approximate surface area is 228 Å². The molecular formula is C29H36ClN7O. The summed E-state index contributed by atoms with van der Waals surface area (Å²) in [5.74, 6) is 1.03. The predicted molar refractivity (Wildman–Crippen MR) is 154 cm³/mol. The van der Waals surface area contributed by atoms with E-state index in [0.29, 0.717) is 22.8 Å². The standard InChI is InChI=1S/C29H36ClN7O/c1-17(2)36-26(38)20-14-31-27(34-25(20)37(36)23-11-9-10-22(33-23)28(3,4)5)32-19-12-18-15-35(8)16-29(6,7)24(18)21(30)13-19/h9-14,17H,15-16H2,1-8H3,(H,31,32,34).